The van der Waals surface area contributed by atoms with Gasteiger partial charge in [-0.1, -0.05) is 12.1 Å². The van der Waals surface area contributed by atoms with Crippen molar-refractivity contribution in [3.05, 3.63) is 65.6 Å². The number of nitrogens with zero attached hydrogens (tertiary/aromatic N) is 3. The van der Waals surface area contributed by atoms with Gasteiger partial charge in [-0.25, -0.2) is 26.6 Å². The number of nitrogens with one attached hydrogen (secondary N) is 2. The zero-order valence-corrected chi connectivity index (χ0v) is 25.0. The number of nitrogen functional groups attached to an aromatic ring is 1. The molecule has 0 unspecified atom stereocenters. The van der Waals surface area contributed by atoms with Crippen molar-refractivity contribution >= 4 is 32.4 Å². The average Bonchev–Trinajstić information content (AvgIpc) is 3.37. The molecule has 2 aromatic carbocycles. The minimum atomic E-state index is -4.53. The van der Waals surface area contributed by atoms with Crippen LogP contribution in [0.25, 0.3) is 22.2 Å². The standard InChI is InChI=1S/C30H35F3N6O3S/c1-17(2)39-29-21(18-8-10-19(11-9-18)35-12-13-42-3)16-36-30(34)27(29)28(37-39)20-14-24(33)25(15-23(20)32)38-43(40,41)26-7-5-4-6-22(26)31/h4-7,14-19,35,38H,8-13H2,1-3H3,(H2,34,36)/t18-,19-. The van der Waals surface area contributed by atoms with Crippen LogP contribution in [0, 0.1) is 17.5 Å². The van der Waals surface area contributed by atoms with Gasteiger partial charge in [-0.15, -0.1) is 0 Å². The fourth-order valence-electron chi connectivity index (χ4n) is 5.72. The van der Waals surface area contributed by atoms with E-state index in [0.29, 0.717) is 24.1 Å². The van der Waals surface area contributed by atoms with Crippen LogP contribution in [0.4, 0.5) is 24.7 Å². The molecule has 13 heteroatoms. The second kappa shape index (κ2) is 12.5. The van der Waals surface area contributed by atoms with Crippen molar-refractivity contribution in [3.63, 3.8) is 0 Å². The van der Waals surface area contributed by atoms with Crippen LogP contribution in [0.2, 0.25) is 0 Å². The first-order valence-corrected chi connectivity index (χ1v) is 15.7. The molecule has 4 aromatic rings. The predicted molar refractivity (Wildman–Crippen MR) is 160 cm³/mol. The maximum absolute atomic E-state index is 15.7. The summed E-state index contributed by atoms with van der Waals surface area (Å²) in [4.78, 5) is 3.74. The van der Waals surface area contributed by atoms with Crippen molar-refractivity contribution < 1.29 is 26.3 Å². The lowest BCUT2D eigenvalue weighted by Gasteiger charge is -2.30. The highest BCUT2D eigenvalue weighted by molar-refractivity contribution is 7.92. The highest BCUT2D eigenvalue weighted by Gasteiger charge is 2.29. The Morgan fingerprint density at radius 3 is 2.47 bits per heavy atom. The molecule has 9 nitrogen and oxygen atoms in total. The summed E-state index contributed by atoms with van der Waals surface area (Å²) in [6, 6.07) is 6.48. The van der Waals surface area contributed by atoms with Crippen LogP contribution in [-0.2, 0) is 14.8 Å². The van der Waals surface area contributed by atoms with Crippen LogP contribution < -0.4 is 15.8 Å². The second-order valence-electron chi connectivity index (χ2n) is 11.1. The number of anilines is 2. The van der Waals surface area contributed by atoms with Crippen LogP contribution in [0.1, 0.15) is 57.1 Å². The molecule has 43 heavy (non-hydrogen) atoms. The van der Waals surface area contributed by atoms with E-state index in [9.17, 15) is 12.8 Å². The van der Waals surface area contributed by atoms with Gasteiger partial charge in [-0.2, -0.15) is 5.10 Å². The number of halogens is 3. The van der Waals surface area contributed by atoms with Gasteiger partial charge < -0.3 is 15.8 Å². The fraction of sp³-hybridized carbons (Fsp3) is 0.400. The Bertz CT molecular complexity index is 1740. The van der Waals surface area contributed by atoms with Gasteiger partial charge in [-0.05, 0) is 69.2 Å². The lowest BCUT2D eigenvalue weighted by atomic mass is 9.81. The number of rotatable bonds is 10. The summed E-state index contributed by atoms with van der Waals surface area (Å²) in [6.07, 6.45) is 5.50. The molecular weight excluding hydrogens is 581 g/mol. The van der Waals surface area contributed by atoms with Crippen molar-refractivity contribution in [2.24, 2.45) is 0 Å². The average molecular weight is 617 g/mol. The molecule has 0 radical (unpaired) electrons. The molecule has 230 valence electrons. The van der Waals surface area contributed by atoms with Crippen LogP contribution >= 0.6 is 0 Å². The van der Waals surface area contributed by atoms with Crippen molar-refractivity contribution in [2.75, 3.05) is 30.7 Å². The molecule has 1 aliphatic carbocycles. The Morgan fingerprint density at radius 2 is 1.79 bits per heavy atom. The Morgan fingerprint density at radius 1 is 1.07 bits per heavy atom. The van der Waals surface area contributed by atoms with Gasteiger partial charge in [0.25, 0.3) is 10.0 Å². The number of nitrogens with two attached hydrogens (primary N) is 1. The van der Waals surface area contributed by atoms with Gasteiger partial charge in [0.2, 0.25) is 0 Å². The smallest absolute Gasteiger partial charge is 0.264 e. The summed E-state index contributed by atoms with van der Waals surface area (Å²) in [6.45, 7) is 5.30. The Kier molecular flexibility index (Phi) is 8.95. The maximum atomic E-state index is 15.7. The summed E-state index contributed by atoms with van der Waals surface area (Å²) >= 11 is 0. The number of hydrogen-bond acceptors (Lipinski definition) is 7. The maximum Gasteiger partial charge on any atom is 0.264 e. The van der Waals surface area contributed by atoms with E-state index in [2.05, 4.69) is 15.4 Å². The number of hydrogen-bond donors (Lipinski definition) is 3. The van der Waals surface area contributed by atoms with E-state index in [1.165, 1.54) is 12.1 Å². The third kappa shape index (κ3) is 6.20. The molecule has 1 fully saturated rings. The fourth-order valence-corrected chi connectivity index (χ4v) is 6.86. The molecular formula is C30H35F3N6O3S. The third-order valence-corrected chi connectivity index (χ3v) is 9.26. The first-order valence-electron chi connectivity index (χ1n) is 14.2. The van der Waals surface area contributed by atoms with Crippen molar-refractivity contribution in [1.29, 1.82) is 0 Å². The number of aromatic nitrogens is 3. The Labute approximate surface area is 248 Å². The monoisotopic (exact) mass is 616 g/mol. The summed E-state index contributed by atoms with van der Waals surface area (Å²) in [5.41, 5.74) is 7.25. The van der Waals surface area contributed by atoms with Gasteiger partial charge in [0.1, 0.15) is 33.9 Å². The number of fused-ring (bicyclic) bond motifs is 1. The quantitative estimate of drug-likeness (QED) is 0.194. The highest BCUT2D eigenvalue weighted by atomic mass is 32.2. The topological polar surface area (TPSA) is 124 Å². The van der Waals surface area contributed by atoms with Crippen LogP contribution in [0.15, 0.2) is 47.5 Å². The Hall–Kier alpha value is -3.68. The van der Waals surface area contributed by atoms with Gasteiger partial charge in [0.05, 0.1) is 23.2 Å². The molecule has 0 spiro atoms. The molecule has 1 aliphatic rings. The summed E-state index contributed by atoms with van der Waals surface area (Å²) < 4.78 is 79.5. The summed E-state index contributed by atoms with van der Waals surface area (Å²) in [5, 5.41) is 8.61. The summed E-state index contributed by atoms with van der Waals surface area (Å²) in [5.74, 6) is -2.72. The van der Waals surface area contributed by atoms with Crippen LogP contribution in [0.5, 0.6) is 0 Å². The number of methoxy groups -OCH3 is 1. The molecule has 0 bridgehead atoms. The second-order valence-corrected chi connectivity index (χ2v) is 12.7. The van der Waals surface area contributed by atoms with E-state index in [1.807, 2.05) is 18.6 Å². The molecule has 2 heterocycles. The zero-order valence-electron chi connectivity index (χ0n) is 24.2. The highest BCUT2D eigenvalue weighted by Crippen LogP contribution is 2.42. The summed E-state index contributed by atoms with van der Waals surface area (Å²) in [7, 11) is -2.86. The lowest BCUT2D eigenvalue weighted by molar-refractivity contribution is 0.191. The van der Waals surface area contributed by atoms with Crippen LogP contribution in [0.3, 0.4) is 0 Å². The van der Waals surface area contributed by atoms with E-state index < -0.39 is 38.1 Å². The molecule has 0 saturated heterocycles. The van der Waals surface area contributed by atoms with E-state index in [4.69, 9.17) is 10.5 Å². The number of pyridine rings is 1. The molecule has 5 rings (SSSR count). The van der Waals surface area contributed by atoms with Gasteiger partial charge in [0.15, 0.2) is 0 Å². The molecule has 4 N–H and O–H groups in total. The minimum absolute atomic E-state index is 0.102. The predicted octanol–water partition coefficient (Wildman–Crippen LogP) is 5.74. The lowest BCUT2D eigenvalue weighted by Crippen LogP contribution is -2.34. The first-order chi connectivity index (χ1) is 20.5. The molecule has 0 aliphatic heterocycles. The first kappa shape index (κ1) is 30.8. The Balaban J connectivity index is 1.52. The number of benzene rings is 2. The molecule has 0 amide bonds. The number of sulfonamides is 1. The van der Waals surface area contributed by atoms with E-state index in [0.717, 1.165) is 61.5 Å². The van der Waals surface area contributed by atoms with Gasteiger partial charge in [0, 0.05) is 43.6 Å². The minimum Gasteiger partial charge on any atom is -0.383 e. The largest absolute Gasteiger partial charge is 0.383 e. The third-order valence-electron chi connectivity index (χ3n) is 7.86. The van der Waals surface area contributed by atoms with Gasteiger partial charge >= 0.3 is 0 Å². The molecule has 2 aromatic heterocycles. The van der Waals surface area contributed by atoms with E-state index in [1.54, 1.807) is 18.0 Å². The van der Waals surface area contributed by atoms with E-state index in [-0.39, 0.29) is 29.0 Å². The molecule has 1 saturated carbocycles. The van der Waals surface area contributed by atoms with Gasteiger partial charge in [-0.3, -0.25) is 9.40 Å². The van der Waals surface area contributed by atoms with Crippen LogP contribution in [-0.4, -0.2) is 49.5 Å². The van der Waals surface area contributed by atoms with Crippen molar-refractivity contribution in [3.8, 4) is 11.3 Å². The SMILES string of the molecule is COCCN[C@H]1CC[C@H](c2cnc(N)c3c(-c4cc(F)c(NS(=O)(=O)c5ccccc5F)cc4F)nn(C(C)C)c32)CC1. The van der Waals surface area contributed by atoms with Crippen molar-refractivity contribution in [2.45, 2.75) is 62.4 Å². The number of ether oxygens (including phenoxy) is 1. The normalized spacial score (nSPS) is 17.6. The van der Waals surface area contributed by atoms with Crippen molar-refractivity contribution in [1.82, 2.24) is 20.1 Å². The molecule has 0 atom stereocenters. The van der Waals surface area contributed by atoms with E-state index >= 15 is 8.78 Å². The zero-order chi connectivity index (χ0) is 30.9.